The summed E-state index contributed by atoms with van der Waals surface area (Å²) in [5, 5.41) is 3.07. The number of hydrogen-bond acceptors (Lipinski definition) is 6. The van der Waals surface area contributed by atoms with Gasteiger partial charge in [-0.2, -0.15) is 0 Å². The van der Waals surface area contributed by atoms with Crippen LogP contribution in [0.2, 0.25) is 0 Å². The minimum absolute atomic E-state index is 0.0791. The number of pyridine rings is 1. The van der Waals surface area contributed by atoms with Gasteiger partial charge in [0.15, 0.2) is 0 Å². The van der Waals surface area contributed by atoms with Crippen molar-refractivity contribution in [1.82, 2.24) is 25.2 Å². The summed E-state index contributed by atoms with van der Waals surface area (Å²) in [5.74, 6) is 1.20. The Morgan fingerprint density at radius 3 is 2.71 bits per heavy atom. The summed E-state index contributed by atoms with van der Waals surface area (Å²) in [5.41, 5.74) is 0.903. The zero-order valence-corrected chi connectivity index (χ0v) is 16.2. The molecule has 0 bridgehead atoms. The first kappa shape index (κ1) is 18.8. The number of hydrogen-bond donors (Lipinski definition) is 1. The molecule has 2 aliphatic heterocycles. The Hall–Kier alpha value is -2.54. The third kappa shape index (κ3) is 4.65. The van der Waals surface area contributed by atoms with E-state index in [4.69, 9.17) is 0 Å². The standard InChI is InChI=1S/C21H28N6O/c28-21(25-14-18-5-1-2-8-23-18)17-4-3-11-27(16-17)19-6-12-26(13-7-19)20-15-22-9-10-24-20/h1-2,5,8-10,15,17,19H,3-4,6-7,11-14,16H2,(H,25,28). The van der Waals surface area contributed by atoms with Crippen LogP contribution < -0.4 is 10.2 Å². The van der Waals surface area contributed by atoms with Gasteiger partial charge in [-0.1, -0.05) is 6.07 Å². The normalized spacial score (nSPS) is 21.4. The molecule has 2 aromatic rings. The van der Waals surface area contributed by atoms with Crippen molar-refractivity contribution in [3.63, 3.8) is 0 Å². The summed E-state index contributed by atoms with van der Waals surface area (Å²) >= 11 is 0. The van der Waals surface area contributed by atoms with Crippen LogP contribution in [0.15, 0.2) is 43.0 Å². The van der Waals surface area contributed by atoms with Crippen LogP contribution in [0, 0.1) is 5.92 Å². The maximum Gasteiger partial charge on any atom is 0.224 e. The van der Waals surface area contributed by atoms with Crippen molar-refractivity contribution >= 4 is 11.7 Å². The SMILES string of the molecule is O=C(NCc1ccccn1)C1CCCN(C2CCN(c3cnccn3)CC2)C1. The van der Waals surface area contributed by atoms with Crippen molar-refractivity contribution in [2.24, 2.45) is 5.92 Å². The lowest BCUT2D eigenvalue weighted by atomic mass is 9.93. The quantitative estimate of drug-likeness (QED) is 0.854. The van der Waals surface area contributed by atoms with Gasteiger partial charge in [0.2, 0.25) is 5.91 Å². The number of aromatic nitrogens is 3. The fraction of sp³-hybridized carbons (Fsp3) is 0.524. The van der Waals surface area contributed by atoms with E-state index in [1.807, 2.05) is 24.4 Å². The summed E-state index contributed by atoms with van der Waals surface area (Å²) in [6.45, 7) is 4.46. The molecule has 4 rings (SSSR count). The van der Waals surface area contributed by atoms with E-state index in [9.17, 15) is 4.79 Å². The zero-order valence-electron chi connectivity index (χ0n) is 16.2. The summed E-state index contributed by atoms with van der Waals surface area (Å²) in [4.78, 5) is 30.4. The average Bonchev–Trinajstić information content (AvgIpc) is 2.79. The summed E-state index contributed by atoms with van der Waals surface area (Å²) in [6, 6.07) is 6.34. The molecule has 28 heavy (non-hydrogen) atoms. The highest BCUT2D eigenvalue weighted by Gasteiger charge is 2.31. The first-order valence-electron chi connectivity index (χ1n) is 10.2. The molecule has 2 fully saturated rings. The number of nitrogens with one attached hydrogen (secondary N) is 1. The van der Waals surface area contributed by atoms with E-state index in [1.54, 1.807) is 18.6 Å². The molecule has 0 aliphatic carbocycles. The maximum atomic E-state index is 12.6. The predicted molar refractivity (Wildman–Crippen MR) is 108 cm³/mol. The van der Waals surface area contributed by atoms with Gasteiger partial charge in [0.25, 0.3) is 0 Å². The minimum Gasteiger partial charge on any atom is -0.355 e. The molecule has 2 aromatic heterocycles. The fourth-order valence-corrected chi connectivity index (χ4v) is 4.29. The van der Waals surface area contributed by atoms with E-state index < -0.39 is 0 Å². The maximum absolute atomic E-state index is 12.6. The van der Waals surface area contributed by atoms with Crippen molar-refractivity contribution in [3.8, 4) is 0 Å². The van der Waals surface area contributed by atoms with Crippen LogP contribution in [0.25, 0.3) is 0 Å². The Morgan fingerprint density at radius 1 is 1.07 bits per heavy atom. The predicted octanol–water partition coefficient (Wildman–Crippen LogP) is 1.87. The van der Waals surface area contributed by atoms with E-state index in [2.05, 4.69) is 30.1 Å². The highest BCUT2D eigenvalue weighted by molar-refractivity contribution is 5.78. The van der Waals surface area contributed by atoms with Crippen molar-refractivity contribution in [2.45, 2.75) is 38.3 Å². The number of likely N-dealkylation sites (tertiary alicyclic amines) is 1. The number of rotatable bonds is 5. The van der Waals surface area contributed by atoms with E-state index in [0.29, 0.717) is 12.6 Å². The van der Waals surface area contributed by atoms with Crippen LogP contribution in [0.1, 0.15) is 31.4 Å². The summed E-state index contributed by atoms with van der Waals surface area (Å²) < 4.78 is 0. The van der Waals surface area contributed by atoms with Crippen molar-refractivity contribution < 1.29 is 4.79 Å². The third-order valence-corrected chi connectivity index (χ3v) is 5.85. The molecule has 2 saturated heterocycles. The lowest BCUT2D eigenvalue weighted by molar-refractivity contribution is -0.127. The zero-order chi connectivity index (χ0) is 19.2. The van der Waals surface area contributed by atoms with E-state index in [0.717, 1.165) is 63.4 Å². The van der Waals surface area contributed by atoms with E-state index in [1.165, 1.54) is 0 Å². The molecule has 1 amide bonds. The van der Waals surface area contributed by atoms with Gasteiger partial charge >= 0.3 is 0 Å². The van der Waals surface area contributed by atoms with E-state index in [-0.39, 0.29) is 11.8 Å². The Kier molecular flexibility index (Phi) is 6.11. The fourth-order valence-electron chi connectivity index (χ4n) is 4.29. The number of piperidine rings is 2. The van der Waals surface area contributed by atoms with Crippen LogP contribution >= 0.6 is 0 Å². The Morgan fingerprint density at radius 2 is 1.96 bits per heavy atom. The van der Waals surface area contributed by atoms with Crippen molar-refractivity contribution in [3.05, 3.63) is 48.7 Å². The second-order valence-electron chi connectivity index (χ2n) is 7.65. The molecule has 7 nitrogen and oxygen atoms in total. The van der Waals surface area contributed by atoms with Crippen LogP contribution in [-0.2, 0) is 11.3 Å². The van der Waals surface area contributed by atoms with Crippen LogP contribution in [0.3, 0.4) is 0 Å². The van der Waals surface area contributed by atoms with Gasteiger partial charge in [0, 0.05) is 44.3 Å². The lowest BCUT2D eigenvalue weighted by Gasteiger charge is -2.42. The molecular weight excluding hydrogens is 352 g/mol. The smallest absolute Gasteiger partial charge is 0.224 e. The minimum atomic E-state index is 0.0791. The van der Waals surface area contributed by atoms with Gasteiger partial charge in [-0.15, -0.1) is 0 Å². The van der Waals surface area contributed by atoms with Gasteiger partial charge < -0.3 is 10.2 Å². The number of anilines is 1. The van der Waals surface area contributed by atoms with Crippen molar-refractivity contribution in [2.75, 3.05) is 31.1 Å². The lowest BCUT2D eigenvalue weighted by Crippen LogP contribution is -2.50. The molecule has 2 aliphatic rings. The number of carbonyl (C=O) groups is 1. The molecule has 1 N–H and O–H groups in total. The van der Waals surface area contributed by atoms with E-state index >= 15 is 0 Å². The molecule has 4 heterocycles. The van der Waals surface area contributed by atoms with Gasteiger partial charge in [-0.3, -0.25) is 19.7 Å². The van der Waals surface area contributed by atoms with Gasteiger partial charge in [0.1, 0.15) is 5.82 Å². The second-order valence-corrected chi connectivity index (χ2v) is 7.65. The monoisotopic (exact) mass is 380 g/mol. The first-order chi connectivity index (χ1) is 13.8. The average molecular weight is 380 g/mol. The largest absolute Gasteiger partial charge is 0.355 e. The van der Waals surface area contributed by atoms with Crippen LogP contribution in [0.5, 0.6) is 0 Å². The van der Waals surface area contributed by atoms with Crippen LogP contribution in [-0.4, -0.2) is 58.0 Å². The molecule has 0 saturated carbocycles. The molecule has 1 atom stereocenters. The topological polar surface area (TPSA) is 74.2 Å². The number of nitrogens with zero attached hydrogens (tertiary/aromatic N) is 5. The Balaban J connectivity index is 1.26. The first-order valence-corrected chi connectivity index (χ1v) is 10.2. The molecule has 7 heteroatoms. The molecule has 1 unspecified atom stereocenters. The highest BCUT2D eigenvalue weighted by Crippen LogP contribution is 2.25. The van der Waals surface area contributed by atoms with Gasteiger partial charge in [-0.25, -0.2) is 4.98 Å². The number of carbonyl (C=O) groups excluding carboxylic acids is 1. The third-order valence-electron chi connectivity index (χ3n) is 5.85. The number of amides is 1. The molecule has 0 radical (unpaired) electrons. The Labute approximate surface area is 166 Å². The second kappa shape index (κ2) is 9.10. The summed E-state index contributed by atoms with van der Waals surface area (Å²) in [6.07, 6.45) is 11.3. The highest BCUT2D eigenvalue weighted by atomic mass is 16.1. The van der Waals surface area contributed by atoms with Crippen LogP contribution in [0.4, 0.5) is 5.82 Å². The molecular formula is C21H28N6O. The molecule has 0 spiro atoms. The Bertz CT molecular complexity index is 748. The van der Waals surface area contributed by atoms with Gasteiger partial charge in [-0.05, 0) is 44.4 Å². The summed E-state index contributed by atoms with van der Waals surface area (Å²) in [7, 11) is 0. The van der Waals surface area contributed by atoms with Crippen molar-refractivity contribution in [1.29, 1.82) is 0 Å². The molecule has 0 aromatic carbocycles. The van der Waals surface area contributed by atoms with Gasteiger partial charge in [0.05, 0.1) is 24.4 Å². The molecule has 148 valence electrons.